The van der Waals surface area contributed by atoms with Gasteiger partial charge in [0.1, 0.15) is 11.4 Å². The minimum atomic E-state index is -0.135. The molecule has 0 aliphatic heterocycles. The maximum absolute atomic E-state index is 11.0. The number of rotatable bonds is 2. The molecule has 3 heteroatoms. The fraction of sp³-hybridized carbons (Fsp3) is 0.917. The Labute approximate surface area is 96.1 Å². The smallest absolute Gasteiger partial charge is 0.302 e. The van der Waals surface area contributed by atoms with Gasteiger partial charge in [-0.1, -0.05) is 13.8 Å². The van der Waals surface area contributed by atoms with Crippen molar-refractivity contribution in [2.75, 3.05) is 12.5 Å². The van der Waals surface area contributed by atoms with E-state index in [0.717, 1.165) is 5.25 Å². The highest BCUT2D eigenvalue weighted by Crippen LogP contribution is 2.34. The van der Waals surface area contributed by atoms with E-state index in [1.165, 1.54) is 19.8 Å². The minimum Gasteiger partial charge on any atom is -0.462 e. The monoisotopic (exact) mass is 231 g/mol. The van der Waals surface area contributed by atoms with Crippen LogP contribution in [0.25, 0.3) is 0 Å². The van der Waals surface area contributed by atoms with Crippen LogP contribution < -0.4 is 0 Å². The lowest BCUT2D eigenvalue weighted by molar-refractivity contribution is -0.153. The van der Waals surface area contributed by atoms with Crippen molar-refractivity contribution in [1.82, 2.24) is 0 Å². The highest BCUT2D eigenvalue weighted by atomic mass is 32.2. The van der Waals surface area contributed by atoms with Crippen molar-refractivity contribution in [3.63, 3.8) is 0 Å². The molecule has 2 nitrogen and oxygen atoms in total. The minimum absolute atomic E-state index is 0.135. The van der Waals surface area contributed by atoms with Crippen LogP contribution in [0.15, 0.2) is 0 Å². The molecule has 0 bridgehead atoms. The normalized spacial score (nSPS) is 36.7. The number of ether oxygens (including phenoxy) is 1. The molecule has 1 aliphatic rings. The van der Waals surface area contributed by atoms with Crippen molar-refractivity contribution in [3.05, 3.63) is 0 Å². The third-order valence-electron chi connectivity index (χ3n) is 3.36. The average Bonchev–Trinajstić information content (AvgIpc) is 2.10. The summed E-state index contributed by atoms with van der Waals surface area (Å²) in [6.07, 6.45) is 7.19. The van der Waals surface area contributed by atoms with Gasteiger partial charge in [0.25, 0.3) is 0 Å². The molecular formula is C12H23O2S+. The summed E-state index contributed by atoms with van der Waals surface area (Å²) in [5.41, 5.74) is 0. The van der Waals surface area contributed by atoms with E-state index in [4.69, 9.17) is 4.74 Å². The van der Waals surface area contributed by atoms with Gasteiger partial charge in [-0.15, -0.1) is 0 Å². The molecule has 1 rings (SSSR count). The van der Waals surface area contributed by atoms with E-state index in [1.807, 2.05) is 0 Å². The molecule has 0 aromatic heterocycles. The molecule has 0 radical (unpaired) electrons. The molecule has 1 saturated carbocycles. The van der Waals surface area contributed by atoms with Crippen LogP contribution >= 0.6 is 0 Å². The van der Waals surface area contributed by atoms with E-state index in [0.29, 0.717) is 22.7 Å². The Kier molecular flexibility index (Phi) is 4.50. The molecule has 88 valence electrons. The Bertz CT molecular complexity index is 216. The van der Waals surface area contributed by atoms with Crippen molar-refractivity contribution in [2.24, 2.45) is 11.8 Å². The lowest BCUT2D eigenvalue weighted by Gasteiger charge is -2.36. The standard InChI is InChI=1S/C12H23O2S/c1-8-6-11(15(4)5)7-9(2)12(8)14-10(3)13/h8-9,11-12H,6-7H2,1-5H3/q+1. The molecule has 1 aliphatic carbocycles. The summed E-state index contributed by atoms with van der Waals surface area (Å²) in [5.74, 6) is 0.888. The summed E-state index contributed by atoms with van der Waals surface area (Å²) in [6.45, 7) is 5.93. The maximum atomic E-state index is 11.0. The van der Waals surface area contributed by atoms with Gasteiger partial charge in [-0.05, 0) is 22.7 Å². The molecule has 0 heterocycles. The average molecular weight is 231 g/mol. The summed E-state index contributed by atoms with van der Waals surface area (Å²) in [6, 6.07) is 0. The molecule has 0 spiro atoms. The van der Waals surface area contributed by atoms with Gasteiger partial charge in [-0.25, -0.2) is 0 Å². The van der Waals surface area contributed by atoms with Gasteiger partial charge in [-0.3, -0.25) is 4.79 Å². The van der Waals surface area contributed by atoms with Crippen molar-refractivity contribution in [2.45, 2.75) is 45.0 Å². The van der Waals surface area contributed by atoms with E-state index >= 15 is 0 Å². The maximum Gasteiger partial charge on any atom is 0.302 e. The predicted molar refractivity (Wildman–Crippen MR) is 66.1 cm³/mol. The van der Waals surface area contributed by atoms with Crippen molar-refractivity contribution in [1.29, 1.82) is 0 Å². The first-order valence-corrected chi connectivity index (χ1v) is 7.75. The second-order valence-electron chi connectivity index (χ2n) is 5.00. The summed E-state index contributed by atoms with van der Waals surface area (Å²) >= 11 is 0. The van der Waals surface area contributed by atoms with Crippen LogP contribution in [0, 0.1) is 11.8 Å². The molecule has 0 N–H and O–H groups in total. The van der Waals surface area contributed by atoms with Gasteiger partial charge in [0.15, 0.2) is 0 Å². The lowest BCUT2D eigenvalue weighted by Crippen LogP contribution is -2.41. The van der Waals surface area contributed by atoms with Crippen LogP contribution in [0.2, 0.25) is 0 Å². The largest absolute Gasteiger partial charge is 0.462 e. The summed E-state index contributed by atoms with van der Waals surface area (Å²) in [4.78, 5) is 11.0. The van der Waals surface area contributed by atoms with Gasteiger partial charge in [0.2, 0.25) is 0 Å². The zero-order valence-electron chi connectivity index (χ0n) is 10.4. The summed E-state index contributed by atoms with van der Waals surface area (Å²) in [7, 11) is 0.488. The molecule has 2 atom stereocenters. The second-order valence-corrected chi connectivity index (χ2v) is 7.43. The molecule has 0 aromatic rings. The fourth-order valence-corrected chi connectivity index (χ4v) is 3.94. The Balaban J connectivity index is 2.60. The number of hydrogen-bond acceptors (Lipinski definition) is 2. The zero-order valence-corrected chi connectivity index (χ0v) is 11.3. The van der Waals surface area contributed by atoms with Crippen LogP contribution in [0.5, 0.6) is 0 Å². The first-order chi connectivity index (χ1) is 6.91. The van der Waals surface area contributed by atoms with Gasteiger partial charge in [0, 0.05) is 19.8 Å². The third-order valence-corrected chi connectivity index (χ3v) is 5.08. The number of carbonyl (C=O) groups is 1. The third kappa shape index (κ3) is 3.40. The molecule has 0 aromatic carbocycles. The molecule has 15 heavy (non-hydrogen) atoms. The Morgan fingerprint density at radius 2 is 1.67 bits per heavy atom. The zero-order chi connectivity index (χ0) is 11.6. The first-order valence-electron chi connectivity index (χ1n) is 5.65. The fourth-order valence-electron chi connectivity index (χ4n) is 2.56. The van der Waals surface area contributed by atoms with Crippen molar-refractivity contribution >= 4 is 16.9 Å². The van der Waals surface area contributed by atoms with Crippen LogP contribution in [0.3, 0.4) is 0 Å². The van der Waals surface area contributed by atoms with E-state index in [2.05, 4.69) is 26.4 Å². The summed E-state index contributed by atoms with van der Waals surface area (Å²) < 4.78 is 5.41. The van der Waals surface area contributed by atoms with Crippen molar-refractivity contribution in [3.8, 4) is 0 Å². The topological polar surface area (TPSA) is 26.3 Å². The SMILES string of the molecule is CC(=O)OC1C(C)CC([S+](C)C)CC1C. The quantitative estimate of drug-likeness (QED) is 0.538. The van der Waals surface area contributed by atoms with Gasteiger partial charge in [-0.2, -0.15) is 0 Å². The van der Waals surface area contributed by atoms with Crippen LogP contribution in [0.1, 0.15) is 33.6 Å². The van der Waals surface area contributed by atoms with Gasteiger partial charge in [0.05, 0.1) is 12.5 Å². The number of esters is 1. The number of hydrogen-bond donors (Lipinski definition) is 0. The van der Waals surface area contributed by atoms with E-state index < -0.39 is 0 Å². The summed E-state index contributed by atoms with van der Waals surface area (Å²) in [5, 5.41) is 0.821. The van der Waals surface area contributed by atoms with Gasteiger partial charge < -0.3 is 4.74 Å². The van der Waals surface area contributed by atoms with Crippen LogP contribution in [-0.2, 0) is 20.4 Å². The first kappa shape index (κ1) is 12.9. The molecule has 1 fully saturated rings. The number of carbonyl (C=O) groups excluding carboxylic acids is 1. The predicted octanol–water partition coefficient (Wildman–Crippen LogP) is 2.23. The highest BCUT2D eigenvalue weighted by molar-refractivity contribution is 7.96. The van der Waals surface area contributed by atoms with E-state index in [1.54, 1.807) is 0 Å². The molecule has 0 saturated heterocycles. The van der Waals surface area contributed by atoms with Crippen molar-refractivity contribution < 1.29 is 9.53 Å². The Hall–Kier alpha value is -0.180. The van der Waals surface area contributed by atoms with E-state index in [9.17, 15) is 4.79 Å². The van der Waals surface area contributed by atoms with E-state index in [-0.39, 0.29) is 12.1 Å². The molecule has 2 unspecified atom stereocenters. The van der Waals surface area contributed by atoms with Crippen LogP contribution in [-0.4, -0.2) is 29.8 Å². The molecular weight excluding hydrogens is 208 g/mol. The van der Waals surface area contributed by atoms with Gasteiger partial charge >= 0.3 is 5.97 Å². The van der Waals surface area contributed by atoms with Crippen LogP contribution in [0.4, 0.5) is 0 Å². The molecule has 0 amide bonds. The highest BCUT2D eigenvalue weighted by Gasteiger charge is 2.39. The Morgan fingerprint density at radius 1 is 1.20 bits per heavy atom. The second kappa shape index (κ2) is 5.24. The Morgan fingerprint density at radius 3 is 2.00 bits per heavy atom. The lowest BCUT2D eigenvalue weighted by atomic mass is 9.80.